The molecule has 0 amide bonds. The second-order valence-electron chi connectivity index (χ2n) is 2.47. The molecular formula is C8H6ClN3O. The van der Waals surface area contributed by atoms with Crippen molar-refractivity contribution in [3.63, 3.8) is 0 Å². The van der Waals surface area contributed by atoms with E-state index in [9.17, 15) is 4.79 Å². The number of aromatic amines is 1. The first-order chi connectivity index (χ1) is 6.29. The lowest BCUT2D eigenvalue weighted by Crippen LogP contribution is -2.14. The summed E-state index contributed by atoms with van der Waals surface area (Å²) >= 11 is 5.70. The number of nitrogens with zero attached hydrogens (tertiary/aromatic N) is 2. The topological polar surface area (TPSA) is 50.7 Å². The number of halogens is 1. The molecule has 2 rings (SSSR count). The third-order valence-corrected chi connectivity index (χ3v) is 1.90. The van der Waals surface area contributed by atoms with E-state index in [-0.39, 0.29) is 11.0 Å². The van der Waals surface area contributed by atoms with Gasteiger partial charge in [0.2, 0.25) is 5.28 Å². The molecule has 0 atom stereocenters. The van der Waals surface area contributed by atoms with E-state index in [0.717, 1.165) is 0 Å². The Morgan fingerprint density at radius 2 is 2.00 bits per heavy atom. The van der Waals surface area contributed by atoms with Crippen molar-refractivity contribution in [2.75, 3.05) is 0 Å². The monoisotopic (exact) mass is 195 g/mol. The van der Waals surface area contributed by atoms with Gasteiger partial charge in [0, 0.05) is 0 Å². The Hall–Kier alpha value is -1.55. The van der Waals surface area contributed by atoms with E-state index in [0.29, 0.717) is 5.69 Å². The van der Waals surface area contributed by atoms with E-state index in [4.69, 9.17) is 11.6 Å². The minimum Gasteiger partial charge on any atom is -0.246 e. The number of benzene rings is 1. The maximum atomic E-state index is 11.2. The van der Waals surface area contributed by atoms with Crippen molar-refractivity contribution in [3.05, 3.63) is 46.1 Å². The summed E-state index contributed by atoms with van der Waals surface area (Å²) in [6.07, 6.45) is 0. The van der Waals surface area contributed by atoms with Crippen molar-refractivity contribution < 1.29 is 0 Å². The van der Waals surface area contributed by atoms with Gasteiger partial charge in [-0.2, -0.15) is 0 Å². The van der Waals surface area contributed by atoms with E-state index in [1.807, 2.05) is 18.2 Å². The Morgan fingerprint density at radius 3 is 2.54 bits per heavy atom. The zero-order chi connectivity index (χ0) is 9.26. The zero-order valence-corrected chi connectivity index (χ0v) is 7.32. The van der Waals surface area contributed by atoms with E-state index in [1.54, 1.807) is 12.1 Å². The minimum absolute atomic E-state index is 0.135. The molecule has 1 aromatic carbocycles. The molecule has 4 nitrogen and oxygen atoms in total. The lowest BCUT2D eigenvalue weighted by molar-refractivity contribution is 0.983. The van der Waals surface area contributed by atoms with E-state index in [1.165, 1.54) is 4.57 Å². The fraction of sp³-hybridized carbons (Fsp3) is 0. The van der Waals surface area contributed by atoms with E-state index < -0.39 is 0 Å². The third kappa shape index (κ3) is 1.36. The predicted octanol–water partition coefficient (Wildman–Crippen LogP) is 1.21. The standard InChI is InChI=1S/C8H6ClN3O/c9-7-10-11-8(13)12(7)6-4-2-1-3-5-6/h1-5H,(H,11,13). The summed E-state index contributed by atoms with van der Waals surface area (Å²) in [6, 6.07) is 9.07. The van der Waals surface area contributed by atoms with Crippen molar-refractivity contribution in [3.8, 4) is 5.69 Å². The second-order valence-corrected chi connectivity index (χ2v) is 2.81. The van der Waals surface area contributed by atoms with Gasteiger partial charge in [-0.05, 0) is 23.7 Å². The molecule has 0 aliphatic heterocycles. The summed E-state index contributed by atoms with van der Waals surface area (Å²) in [7, 11) is 0. The van der Waals surface area contributed by atoms with Gasteiger partial charge in [0.15, 0.2) is 0 Å². The molecule has 1 aromatic heterocycles. The molecule has 0 fully saturated rings. The maximum absolute atomic E-state index is 11.2. The van der Waals surface area contributed by atoms with Crippen LogP contribution in [0.15, 0.2) is 35.1 Å². The molecule has 0 aliphatic rings. The van der Waals surface area contributed by atoms with Crippen LogP contribution in [0.1, 0.15) is 0 Å². The van der Waals surface area contributed by atoms with Crippen LogP contribution in [-0.2, 0) is 0 Å². The number of H-pyrrole nitrogens is 1. The van der Waals surface area contributed by atoms with Gasteiger partial charge < -0.3 is 0 Å². The smallest absolute Gasteiger partial charge is 0.246 e. The predicted molar refractivity (Wildman–Crippen MR) is 49.2 cm³/mol. The van der Waals surface area contributed by atoms with Crippen molar-refractivity contribution >= 4 is 11.6 Å². The number of hydrogen-bond donors (Lipinski definition) is 1. The molecule has 0 unspecified atom stereocenters. The Kier molecular flexibility index (Phi) is 1.90. The Labute approximate surface area is 78.8 Å². The molecule has 1 heterocycles. The van der Waals surface area contributed by atoms with Crippen LogP contribution in [0.4, 0.5) is 0 Å². The molecule has 0 aliphatic carbocycles. The van der Waals surface area contributed by atoms with Crippen molar-refractivity contribution in [2.45, 2.75) is 0 Å². The fourth-order valence-electron chi connectivity index (χ4n) is 1.08. The average molecular weight is 196 g/mol. The zero-order valence-electron chi connectivity index (χ0n) is 6.57. The highest BCUT2D eigenvalue weighted by Crippen LogP contribution is 2.08. The normalized spacial score (nSPS) is 10.2. The quantitative estimate of drug-likeness (QED) is 0.744. The molecule has 66 valence electrons. The highest BCUT2D eigenvalue weighted by Gasteiger charge is 2.05. The molecule has 1 N–H and O–H groups in total. The SMILES string of the molecule is O=c1[nH]nc(Cl)n1-c1ccccc1. The summed E-state index contributed by atoms with van der Waals surface area (Å²) in [4.78, 5) is 11.2. The average Bonchev–Trinajstić information content (AvgIpc) is 2.48. The van der Waals surface area contributed by atoms with Crippen LogP contribution in [0.2, 0.25) is 5.28 Å². The molecule has 0 radical (unpaired) electrons. The Bertz CT molecular complexity index is 460. The summed E-state index contributed by atoms with van der Waals surface area (Å²) in [5, 5.41) is 5.98. The first kappa shape index (κ1) is 8.07. The van der Waals surface area contributed by atoms with Crippen LogP contribution in [0, 0.1) is 0 Å². The lowest BCUT2D eigenvalue weighted by atomic mass is 10.3. The van der Waals surface area contributed by atoms with Crippen LogP contribution < -0.4 is 5.69 Å². The highest BCUT2D eigenvalue weighted by atomic mass is 35.5. The van der Waals surface area contributed by atoms with Gasteiger partial charge >= 0.3 is 5.69 Å². The molecule has 0 saturated heterocycles. The molecular weight excluding hydrogens is 190 g/mol. The van der Waals surface area contributed by atoms with Gasteiger partial charge in [-0.15, -0.1) is 5.10 Å². The van der Waals surface area contributed by atoms with Gasteiger partial charge in [-0.1, -0.05) is 18.2 Å². The summed E-state index contributed by atoms with van der Waals surface area (Å²) in [6.45, 7) is 0. The molecule has 0 spiro atoms. The van der Waals surface area contributed by atoms with Crippen LogP contribution in [0.3, 0.4) is 0 Å². The van der Waals surface area contributed by atoms with E-state index >= 15 is 0 Å². The lowest BCUT2D eigenvalue weighted by Gasteiger charge is -1.98. The largest absolute Gasteiger partial charge is 0.348 e. The van der Waals surface area contributed by atoms with Crippen molar-refractivity contribution in [1.29, 1.82) is 0 Å². The first-order valence-corrected chi connectivity index (χ1v) is 4.05. The first-order valence-electron chi connectivity index (χ1n) is 3.67. The summed E-state index contributed by atoms with van der Waals surface area (Å²) in [5.74, 6) is 0. The fourth-order valence-corrected chi connectivity index (χ4v) is 1.30. The maximum Gasteiger partial charge on any atom is 0.348 e. The minimum atomic E-state index is -0.337. The number of aromatic nitrogens is 3. The van der Waals surface area contributed by atoms with Gasteiger partial charge in [0.05, 0.1) is 5.69 Å². The number of rotatable bonds is 1. The van der Waals surface area contributed by atoms with Crippen LogP contribution in [0.25, 0.3) is 5.69 Å². The van der Waals surface area contributed by atoms with Gasteiger partial charge in [-0.3, -0.25) is 0 Å². The highest BCUT2D eigenvalue weighted by molar-refractivity contribution is 6.28. The van der Waals surface area contributed by atoms with Gasteiger partial charge in [0.1, 0.15) is 0 Å². The third-order valence-electron chi connectivity index (χ3n) is 1.65. The number of hydrogen-bond acceptors (Lipinski definition) is 2. The molecule has 0 bridgehead atoms. The number of para-hydroxylation sites is 1. The summed E-state index contributed by atoms with van der Waals surface area (Å²) in [5.41, 5.74) is 0.363. The molecule has 13 heavy (non-hydrogen) atoms. The second kappa shape index (κ2) is 3.06. The van der Waals surface area contributed by atoms with Gasteiger partial charge in [0.25, 0.3) is 0 Å². The Morgan fingerprint density at radius 1 is 1.31 bits per heavy atom. The van der Waals surface area contributed by atoms with Crippen molar-refractivity contribution in [1.82, 2.24) is 14.8 Å². The van der Waals surface area contributed by atoms with E-state index in [2.05, 4.69) is 10.2 Å². The molecule has 0 saturated carbocycles. The summed E-state index contributed by atoms with van der Waals surface area (Å²) < 4.78 is 1.29. The van der Waals surface area contributed by atoms with Crippen LogP contribution >= 0.6 is 11.6 Å². The van der Waals surface area contributed by atoms with Crippen LogP contribution in [0.5, 0.6) is 0 Å². The van der Waals surface area contributed by atoms with Gasteiger partial charge in [-0.25, -0.2) is 14.5 Å². The number of nitrogens with one attached hydrogen (secondary N) is 1. The molecule has 5 heteroatoms. The van der Waals surface area contributed by atoms with Crippen LogP contribution in [-0.4, -0.2) is 14.8 Å². The molecule has 2 aromatic rings. The Balaban J connectivity index is 2.65. The van der Waals surface area contributed by atoms with Crippen molar-refractivity contribution in [2.24, 2.45) is 0 Å².